The van der Waals surface area contributed by atoms with E-state index in [1.165, 1.54) is 0 Å². The predicted octanol–water partition coefficient (Wildman–Crippen LogP) is 1.08. The SMILES string of the molecule is Cc1ccc(N)c(C)c1S(=O)(=O)NC1CCS(=O)CC1. The summed E-state index contributed by atoms with van der Waals surface area (Å²) in [7, 11) is -4.39. The van der Waals surface area contributed by atoms with Crippen molar-refractivity contribution in [2.24, 2.45) is 0 Å². The Labute approximate surface area is 122 Å². The van der Waals surface area contributed by atoms with Gasteiger partial charge in [-0.25, -0.2) is 13.1 Å². The van der Waals surface area contributed by atoms with Gasteiger partial charge >= 0.3 is 0 Å². The van der Waals surface area contributed by atoms with Gasteiger partial charge in [0, 0.05) is 34.0 Å². The maximum Gasteiger partial charge on any atom is 0.241 e. The highest BCUT2D eigenvalue weighted by Crippen LogP contribution is 2.25. The normalized spacial score (nSPS) is 23.7. The molecule has 5 nitrogen and oxygen atoms in total. The Hall–Kier alpha value is -0.920. The standard InChI is InChI=1S/C13H20N2O3S2/c1-9-3-4-12(14)10(2)13(9)20(17,18)15-11-5-7-19(16)8-6-11/h3-4,11,15H,5-8,14H2,1-2H3. The molecule has 3 N–H and O–H groups in total. The van der Waals surface area contributed by atoms with Crippen LogP contribution in [0.1, 0.15) is 24.0 Å². The molecule has 0 aromatic heterocycles. The van der Waals surface area contributed by atoms with Gasteiger partial charge in [0.15, 0.2) is 0 Å². The average Bonchev–Trinajstić information content (AvgIpc) is 2.37. The van der Waals surface area contributed by atoms with E-state index >= 15 is 0 Å². The summed E-state index contributed by atoms with van der Waals surface area (Å²) in [4.78, 5) is 0.268. The third kappa shape index (κ3) is 3.21. The maximum absolute atomic E-state index is 12.5. The zero-order valence-corrected chi connectivity index (χ0v) is 13.3. The van der Waals surface area contributed by atoms with Crippen LogP contribution in [-0.4, -0.2) is 30.2 Å². The second kappa shape index (κ2) is 5.83. The molecule has 0 amide bonds. The molecular formula is C13H20N2O3S2. The van der Waals surface area contributed by atoms with Crippen LogP contribution in [0.3, 0.4) is 0 Å². The second-order valence-electron chi connectivity index (χ2n) is 5.17. The Morgan fingerprint density at radius 3 is 2.45 bits per heavy atom. The van der Waals surface area contributed by atoms with E-state index < -0.39 is 20.8 Å². The first kappa shape index (κ1) is 15.5. The zero-order valence-electron chi connectivity index (χ0n) is 11.7. The minimum Gasteiger partial charge on any atom is -0.398 e. The van der Waals surface area contributed by atoms with Gasteiger partial charge in [0.2, 0.25) is 10.0 Å². The highest BCUT2D eigenvalue weighted by Gasteiger charge is 2.26. The van der Waals surface area contributed by atoms with E-state index in [4.69, 9.17) is 5.73 Å². The van der Waals surface area contributed by atoms with Gasteiger partial charge in [-0.15, -0.1) is 0 Å². The number of benzene rings is 1. The third-order valence-electron chi connectivity index (χ3n) is 3.62. The molecule has 0 saturated carbocycles. The molecule has 112 valence electrons. The van der Waals surface area contributed by atoms with Gasteiger partial charge in [-0.05, 0) is 43.9 Å². The molecule has 1 heterocycles. The molecule has 1 saturated heterocycles. The van der Waals surface area contributed by atoms with Gasteiger partial charge < -0.3 is 5.73 Å². The predicted molar refractivity (Wildman–Crippen MR) is 81.5 cm³/mol. The van der Waals surface area contributed by atoms with Gasteiger partial charge in [-0.1, -0.05) is 6.07 Å². The highest BCUT2D eigenvalue weighted by atomic mass is 32.2. The van der Waals surface area contributed by atoms with Crippen LogP contribution in [0.25, 0.3) is 0 Å². The molecule has 0 bridgehead atoms. The fourth-order valence-corrected chi connectivity index (χ4v) is 5.55. The number of nitrogens with two attached hydrogens (primary N) is 1. The number of rotatable bonds is 3. The molecule has 1 aromatic carbocycles. The van der Waals surface area contributed by atoms with Crippen molar-refractivity contribution in [3.05, 3.63) is 23.3 Å². The first-order valence-corrected chi connectivity index (χ1v) is 9.51. The Morgan fingerprint density at radius 1 is 1.25 bits per heavy atom. The van der Waals surface area contributed by atoms with Crippen LogP contribution < -0.4 is 10.5 Å². The summed E-state index contributed by atoms with van der Waals surface area (Å²) in [5.74, 6) is 1.12. The lowest BCUT2D eigenvalue weighted by molar-refractivity contribution is 0.521. The summed E-state index contributed by atoms with van der Waals surface area (Å²) < 4.78 is 39.1. The number of hydrogen-bond acceptors (Lipinski definition) is 4. The number of nitrogens with one attached hydrogen (secondary N) is 1. The van der Waals surface area contributed by atoms with Crippen molar-refractivity contribution in [2.75, 3.05) is 17.2 Å². The Bertz CT molecular complexity index is 631. The van der Waals surface area contributed by atoms with E-state index in [2.05, 4.69) is 4.72 Å². The molecule has 20 heavy (non-hydrogen) atoms. The minimum absolute atomic E-state index is 0.141. The zero-order chi connectivity index (χ0) is 14.9. The van der Waals surface area contributed by atoms with Crippen molar-refractivity contribution in [2.45, 2.75) is 37.6 Å². The summed E-state index contributed by atoms with van der Waals surface area (Å²) in [6.07, 6.45) is 1.23. The van der Waals surface area contributed by atoms with E-state index in [1.54, 1.807) is 26.0 Å². The smallest absolute Gasteiger partial charge is 0.241 e. The molecule has 7 heteroatoms. The van der Waals surface area contributed by atoms with E-state index in [9.17, 15) is 12.6 Å². The molecule has 0 spiro atoms. The Morgan fingerprint density at radius 2 is 1.85 bits per heavy atom. The van der Waals surface area contributed by atoms with Crippen LogP contribution in [0.4, 0.5) is 5.69 Å². The fraction of sp³-hybridized carbons (Fsp3) is 0.538. The van der Waals surface area contributed by atoms with E-state index in [0.717, 1.165) is 0 Å². The summed E-state index contributed by atoms with van der Waals surface area (Å²) in [5, 5.41) is 0. The molecule has 1 fully saturated rings. The van der Waals surface area contributed by atoms with E-state index in [1.807, 2.05) is 0 Å². The molecule has 2 rings (SSSR count). The lowest BCUT2D eigenvalue weighted by Gasteiger charge is -2.23. The molecule has 0 unspecified atom stereocenters. The summed E-state index contributed by atoms with van der Waals surface area (Å²) in [5.41, 5.74) is 7.54. The molecule has 1 aromatic rings. The first-order valence-electron chi connectivity index (χ1n) is 6.54. The molecule has 0 aliphatic carbocycles. The first-order chi connectivity index (χ1) is 9.31. The molecule has 1 aliphatic rings. The van der Waals surface area contributed by atoms with Gasteiger partial charge in [0.1, 0.15) is 0 Å². The Balaban J connectivity index is 2.27. The van der Waals surface area contributed by atoms with Gasteiger partial charge in [-0.3, -0.25) is 4.21 Å². The van der Waals surface area contributed by atoms with Crippen LogP contribution in [0.5, 0.6) is 0 Å². The Kier molecular flexibility index (Phi) is 4.51. The average molecular weight is 316 g/mol. The van der Waals surface area contributed by atoms with Crippen molar-refractivity contribution in [3.8, 4) is 0 Å². The topological polar surface area (TPSA) is 89.3 Å². The largest absolute Gasteiger partial charge is 0.398 e. The van der Waals surface area contributed by atoms with Gasteiger partial charge in [-0.2, -0.15) is 0 Å². The van der Waals surface area contributed by atoms with Crippen molar-refractivity contribution < 1.29 is 12.6 Å². The number of hydrogen-bond donors (Lipinski definition) is 2. The van der Waals surface area contributed by atoms with Crippen LogP contribution in [0, 0.1) is 13.8 Å². The highest BCUT2D eigenvalue weighted by molar-refractivity contribution is 7.89. The van der Waals surface area contributed by atoms with Crippen molar-refractivity contribution >= 4 is 26.5 Å². The summed E-state index contributed by atoms with van der Waals surface area (Å²) in [6.45, 7) is 3.48. The lowest BCUT2D eigenvalue weighted by Crippen LogP contribution is -2.40. The number of anilines is 1. The summed E-state index contributed by atoms with van der Waals surface area (Å²) in [6, 6.07) is 3.29. The quantitative estimate of drug-likeness (QED) is 0.817. The van der Waals surface area contributed by atoms with Crippen molar-refractivity contribution in [3.63, 3.8) is 0 Å². The molecular weight excluding hydrogens is 296 g/mol. The van der Waals surface area contributed by atoms with E-state index in [0.29, 0.717) is 41.2 Å². The van der Waals surface area contributed by atoms with Crippen molar-refractivity contribution in [1.29, 1.82) is 0 Å². The fourth-order valence-electron chi connectivity index (χ4n) is 2.45. The lowest BCUT2D eigenvalue weighted by atomic mass is 10.1. The number of aryl methyl sites for hydroxylation is 1. The number of nitrogen functional groups attached to an aromatic ring is 1. The number of sulfonamides is 1. The molecule has 0 atom stereocenters. The van der Waals surface area contributed by atoms with Crippen LogP contribution >= 0.6 is 0 Å². The third-order valence-corrected chi connectivity index (χ3v) is 6.81. The van der Waals surface area contributed by atoms with Crippen LogP contribution in [0.2, 0.25) is 0 Å². The minimum atomic E-state index is -3.59. The van der Waals surface area contributed by atoms with E-state index in [-0.39, 0.29) is 10.9 Å². The molecule has 0 radical (unpaired) electrons. The van der Waals surface area contributed by atoms with Crippen LogP contribution in [0.15, 0.2) is 17.0 Å². The van der Waals surface area contributed by atoms with Crippen LogP contribution in [-0.2, 0) is 20.8 Å². The van der Waals surface area contributed by atoms with Crippen molar-refractivity contribution in [1.82, 2.24) is 4.72 Å². The monoisotopic (exact) mass is 316 g/mol. The van der Waals surface area contributed by atoms with Gasteiger partial charge in [0.25, 0.3) is 0 Å². The van der Waals surface area contributed by atoms with Gasteiger partial charge in [0.05, 0.1) is 4.90 Å². The maximum atomic E-state index is 12.5. The molecule has 1 aliphatic heterocycles. The summed E-state index contributed by atoms with van der Waals surface area (Å²) >= 11 is 0. The second-order valence-corrected chi connectivity index (χ2v) is 8.52.